The molecule has 1 N–H and O–H groups in total. The minimum atomic E-state index is -0.581. The molecule has 0 aliphatic carbocycles. The second kappa shape index (κ2) is 7.06. The fourth-order valence-electron chi connectivity index (χ4n) is 3.68. The molecule has 1 atom stereocenters. The topological polar surface area (TPSA) is 80.8 Å². The molecule has 7 nitrogen and oxygen atoms in total. The first-order valence-corrected chi connectivity index (χ1v) is 9.83. The number of nitrogens with one attached hydrogen (secondary N) is 1. The zero-order valence-corrected chi connectivity index (χ0v) is 17.1. The number of fused-ring (bicyclic) bond motifs is 3. The predicted molar refractivity (Wildman–Crippen MR) is 110 cm³/mol. The van der Waals surface area contributed by atoms with Crippen LogP contribution in [0.1, 0.15) is 52.2 Å². The molecule has 2 amide bonds. The predicted octanol–water partition coefficient (Wildman–Crippen LogP) is 4.68. The van der Waals surface area contributed by atoms with E-state index in [1.165, 1.54) is 0 Å². The van der Waals surface area contributed by atoms with Crippen LogP contribution in [0.15, 0.2) is 30.5 Å². The van der Waals surface area contributed by atoms with Gasteiger partial charge in [-0.05, 0) is 52.3 Å². The highest BCUT2D eigenvalue weighted by molar-refractivity contribution is 5.96. The van der Waals surface area contributed by atoms with Crippen molar-refractivity contribution in [2.24, 2.45) is 0 Å². The number of hydrogen-bond donors (Lipinski definition) is 1. The number of hydrogen-bond acceptors (Lipinski definition) is 5. The van der Waals surface area contributed by atoms with Crippen LogP contribution in [-0.2, 0) is 9.53 Å². The van der Waals surface area contributed by atoms with Gasteiger partial charge in [0, 0.05) is 47.6 Å². The van der Waals surface area contributed by atoms with Crippen LogP contribution in [0.25, 0.3) is 11.1 Å². The normalized spacial score (nSPS) is 18.0. The summed E-state index contributed by atoms with van der Waals surface area (Å²) < 4.78 is 11.4. The molecule has 0 saturated carbocycles. The van der Waals surface area contributed by atoms with Crippen LogP contribution in [0, 0.1) is 0 Å². The van der Waals surface area contributed by atoms with E-state index in [2.05, 4.69) is 10.3 Å². The molecular formula is C22H25N3O4. The van der Waals surface area contributed by atoms with E-state index in [0.717, 1.165) is 41.1 Å². The summed E-state index contributed by atoms with van der Waals surface area (Å²) in [6.07, 6.45) is 2.45. The van der Waals surface area contributed by atoms with Crippen molar-refractivity contribution in [2.45, 2.75) is 52.2 Å². The summed E-state index contributed by atoms with van der Waals surface area (Å²) in [6, 6.07) is 7.64. The van der Waals surface area contributed by atoms with Gasteiger partial charge in [0.05, 0.1) is 0 Å². The van der Waals surface area contributed by atoms with Crippen molar-refractivity contribution in [2.75, 3.05) is 16.8 Å². The molecule has 0 bridgehead atoms. The monoisotopic (exact) mass is 395 g/mol. The highest BCUT2D eigenvalue weighted by Crippen LogP contribution is 2.44. The maximum Gasteiger partial charge on any atom is 0.413 e. The average Bonchev–Trinajstić information content (AvgIpc) is 3.06. The SMILES string of the molecule is CC1Oc2cc(N3CCCC3=O)ccc2-c2cnc(NC(=O)OC(C)(C)C)cc21. The van der Waals surface area contributed by atoms with Crippen LogP contribution in [0.3, 0.4) is 0 Å². The Morgan fingerprint density at radius 2 is 2.07 bits per heavy atom. The zero-order valence-electron chi connectivity index (χ0n) is 17.1. The molecule has 152 valence electrons. The second-order valence-corrected chi connectivity index (χ2v) is 8.37. The Kier molecular flexibility index (Phi) is 4.68. The summed E-state index contributed by atoms with van der Waals surface area (Å²) in [5, 5.41) is 2.67. The largest absolute Gasteiger partial charge is 0.485 e. The molecule has 2 aromatic rings. The molecule has 29 heavy (non-hydrogen) atoms. The number of carbonyl (C=O) groups excluding carboxylic acids is 2. The van der Waals surface area contributed by atoms with E-state index < -0.39 is 11.7 Å². The quantitative estimate of drug-likeness (QED) is 0.799. The number of amides is 2. The summed E-state index contributed by atoms with van der Waals surface area (Å²) in [4.78, 5) is 30.3. The van der Waals surface area contributed by atoms with Gasteiger partial charge in [-0.3, -0.25) is 10.1 Å². The molecule has 1 saturated heterocycles. The molecule has 4 rings (SSSR count). The maximum absolute atomic E-state index is 12.0. The Bertz CT molecular complexity index is 981. The molecule has 3 heterocycles. The number of carbonyl (C=O) groups is 2. The first-order chi connectivity index (χ1) is 13.7. The third-order valence-electron chi connectivity index (χ3n) is 4.95. The summed E-state index contributed by atoms with van der Waals surface area (Å²) in [7, 11) is 0. The molecule has 1 aromatic heterocycles. The van der Waals surface area contributed by atoms with Crippen molar-refractivity contribution in [3.8, 4) is 16.9 Å². The molecular weight excluding hydrogens is 370 g/mol. The Morgan fingerprint density at radius 1 is 1.28 bits per heavy atom. The number of nitrogens with zero attached hydrogens (tertiary/aromatic N) is 2. The van der Waals surface area contributed by atoms with Gasteiger partial charge < -0.3 is 14.4 Å². The van der Waals surface area contributed by atoms with Gasteiger partial charge in [-0.15, -0.1) is 0 Å². The highest BCUT2D eigenvalue weighted by atomic mass is 16.6. The van der Waals surface area contributed by atoms with E-state index in [4.69, 9.17) is 9.47 Å². The maximum atomic E-state index is 12.0. The summed E-state index contributed by atoms with van der Waals surface area (Å²) in [5.41, 5.74) is 3.08. The van der Waals surface area contributed by atoms with Crippen molar-refractivity contribution in [3.05, 3.63) is 36.0 Å². The van der Waals surface area contributed by atoms with Crippen LogP contribution in [-0.4, -0.2) is 29.1 Å². The Morgan fingerprint density at radius 3 is 2.76 bits per heavy atom. The van der Waals surface area contributed by atoms with Gasteiger partial charge in [-0.25, -0.2) is 9.78 Å². The number of rotatable bonds is 2. The Labute approximate surface area is 170 Å². The van der Waals surface area contributed by atoms with Crippen LogP contribution in [0.2, 0.25) is 0 Å². The van der Waals surface area contributed by atoms with Crippen LogP contribution >= 0.6 is 0 Å². The fraction of sp³-hybridized carbons (Fsp3) is 0.409. The third kappa shape index (κ3) is 3.90. The Hall–Kier alpha value is -3.09. The molecule has 2 aliphatic heterocycles. The molecule has 7 heteroatoms. The first-order valence-electron chi connectivity index (χ1n) is 9.83. The van der Waals surface area contributed by atoms with Crippen molar-refractivity contribution in [1.82, 2.24) is 4.98 Å². The fourth-order valence-corrected chi connectivity index (χ4v) is 3.68. The lowest BCUT2D eigenvalue weighted by Gasteiger charge is -2.28. The lowest BCUT2D eigenvalue weighted by atomic mass is 9.94. The number of pyridine rings is 1. The van der Waals surface area contributed by atoms with Gasteiger partial charge in [0.1, 0.15) is 23.3 Å². The minimum absolute atomic E-state index is 0.147. The molecule has 0 spiro atoms. The summed E-state index contributed by atoms with van der Waals surface area (Å²) in [6.45, 7) is 8.12. The van der Waals surface area contributed by atoms with Gasteiger partial charge in [0.25, 0.3) is 0 Å². The van der Waals surface area contributed by atoms with E-state index in [1.807, 2.05) is 52.0 Å². The lowest BCUT2D eigenvalue weighted by molar-refractivity contribution is -0.117. The lowest BCUT2D eigenvalue weighted by Crippen LogP contribution is -2.27. The van der Waals surface area contributed by atoms with Gasteiger partial charge in [0.15, 0.2) is 0 Å². The van der Waals surface area contributed by atoms with Gasteiger partial charge in [-0.2, -0.15) is 0 Å². The molecule has 0 radical (unpaired) electrons. The van der Waals surface area contributed by atoms with Crippen molar-refractivity contribution in [1.29, 1.82) is 0 Å². The summed E-state index contributed by atoms with van der Waals surface area (Å²) >= 11 is 0. The van der Waals surface area contributed by atoms with Crippen molar-refractivity contribution >= 4 is 23.5 Å². The van der Waals surface area contributed by atoms with Gasteiger partial charge in [-0.1, -0.05) is 0 Å². The van der Waals surface area contributed by atoms with Crippen LogP contribution < -0.4 is 15.0 Å². The van der Waals surface area contributed by atoms with Gasteiger partial charge >= 0.3 is 6.09 Å². The molecule has 1 unspecified atom stereocenters. The second-order valence-electron chi connectivity index (χ2n) is 8.37. The standard InChI is InChI=1S/C22H25N3O4/c1-13-16-11-19(24-21(27)29-22(2,3)4)23-12-17(16)15-8-7-14(10-18(15)28-13)25-9-5-6-20(25)26/h7-8,10-13H,5-6,9H2,1-4H3,(H,23,24,27). The molecule has 1 aromatic carbocycles. The van der Waals surface area contributed by atoms with Gasteiger partial charge in [0.2, 0.25) is 5.91 Å². The minimum Gasteiger partial charge on any atom is -0.485 e. The van der Waals surface area contributed by atoms with E-state index in [-0.39, 0.29) is 12.0 Å². The molecule has 1 fully saturated rings. The van der Waals surface area contributed by atoms with E-state index in [1.54, 1.807) is 11.1 Å². The number of ether oxygens (including phenoxy) is 2. The van der Waals surface area contributed by atoms with Crippen molar-refractivity contribution in [3.63, 3.8) is 0 Å². The van der Waals surface area contributed by atoms with E-state index in [9.17, 15) is 9.59 Å². The zero-order chi connectivity index (χ0) is 20.8. The average molecular weight is 395 g/mol. The third-order valence-corrected chi connectivity index (χ3v) is 4.95. The highest BCUT2D eigenvalue weighted by Gasteiger charge is 2.27. The first kappa shape index (κ1) is 19.2. The van der Waals surface area contributed by atoms with Crippen LogP contribution in [0.4, 0.5) is 16.3 Å². The smallest absolute Gasteiger partial charge is 0.413 e. The summed E-state index contributed by atoms with van der Waals surface area (Å²) in [5.74, 6) is 1.29. The van der Waals surface area contributed by atoms with E-state index >= 15 is 0 Å². The Balaban J connectivity index is 1.61. The van der Waals surface area contributed by atoms with Crippen molar-refractivity contribution < 1.29 is 19.1 Å². The number of benzene rings is 1. The molecule has 2 aliphatic rings. The van der Waals surface area contributed by atoms with Crippen LogP contribution in [0.5, 0.6) is 5.75 Å². The van der Waals surface area contributed by atoms with E-state index in [0.29, 0.717) is 12.2 Å². The number of aromatic nitrogens is 1. The number of anilines is 2.